The van der Waals surface area contributed by atoms with Crippen LogP contribution in [0.5, 0.6) is 0 Å². The van der Waals surface area contributed by atoms with Gasteiger partial charge in [0.05, 0.1) is 16.8 Å². The topological polar surface area (TPSA) is 35.8 Å². The minimum absolute atomic E-state index is 0.0483. The molecule has 1 fully saturated rings. The SMILES string of the molecule is CCCC1(CNc2ccc(C(F)(F)F)cc2C#N)CC1. The van der Waals surface area contributed by atoms with Crippen molar-refractivity contribution in [2.75, 3.05) is 11.9 Å². The second-order valence-corrected chi connectivity index (χ2v) is 5.47. The number of hydrogen-bond donors (Lipinski definition) is 1. The molecule has 20 heavy (non-hydrogen) atoms. The van der Waals surface area contributed by atoms with E-state index in [-0.39, 0.29) is 11.0 Å². The van der Waals surface area contributed by atoms with Crippen molar-refractivity contribution >= 4 is 5.69 Å². The van der Waals surface area contributed by atoms with E-state index >= 15 is 0 Å². The van der Waals surface area contributed by atoms with E-state index in [1.807, 2.05) is 6.07 Å². The van der Waals surface area contributed by atoms with Crippen molar-refractivity contribution in [3.05, 3.63) is 29.3 Å². The first-order valence-corrected chi connectivity index (χ1v) is 6.75. The van der Waals surface area contributed by atoms with Crippen LogP contribution < -0.4 is 5.32 Å². The Kier molecular flexibility index (Phi) is 3.94. The van der Waals surface area contributed by atoms with Crippen LogP contribution >= 0.6 is 0 Å². The number of benzene rings is 1. The first kappa shape index (κ1) is 14.7. The van der Waals surface area contributed by atoms with Crippen LogP contribution in [0.1, 0.15) is 43.7 Å². The normalized spacial score (nSPS) is 16.6. The predicted octanol–water partition coefficient (Wildman–Crippen LogP) is 4.57. The monoisotopic (exact) mass is 282 g/mol. The quantitative estimate of drug-likeness (QED) is 0.858. The van der Waals surface area contributed by atoms with Crippen LogP contribution in [0.3, 0.4) is 0 Å². The maximum atomic E-state index is 12.6. The minimum atomic E-state index is -4.41. The number of rotatable bonds is 5. The van der Waals surface area contributed by atoms with Gasteiger partial charge in [0.15, 0.2) is 0 Å². The van der Waals surface area contributed by atoms with Gasteiger partial charge in [-0.05, 0) is 42.9 Å². The van der Waals surface area contributed by atoms with Crippen LogP contribution in [-0.2, 0) is 6.18 Å². The van der Waals surface area contributed by atoms with Crippen molar-refractivity contribution in [2.45, 2.75) is 38.8 Å². The third-order valence-electron chi connectivity index (χ3n) is 3.86. The van der Waals surface area contributed by atoms with E-state index in [9.17, 15) is 13.2 Å². The number of hydrogen-bond acceptors (Lipinski definition) is 2. The van der Waals surface area contributed by atoms with Gasteiger partial charge in [0.2, 0.25) is 0 Å². The van der Waals surface area contributed by atoms with E-state index in [2.05, 4.69) is 12.2 Å². The molecule has 1 aromatic rings. The Bertz CT molecular complexity index is 525. The average Bonchev–Trinajstić information content (AvgIpc) is 3.16. The molecule has 1 aliphatic carbocycles. The fourth-order valence-corrected chi connectivity index (χ4v) is 2.47. The second kappa shape index (κ2) is 5.35. The number of halogens is 3. The number of anilines is 1. The van der Waals surface area contributed by atoms with Gasteiger partial charge in [-0.3, -0.25) is 0 Å². The van der Waals surface area contributed by atoms with Crippen molar-refractivity contribution in [1.82, 2.24) is 0 Å². The number of nitrogens with zero attached hydrogens (tertiary/aromatic N) is 1. The van der Waals surface area contributed by atoms with Crippen molar-refractivity contribution in [1.29, 1.82) is 5.26 Å². The molecule has 1 aromatic carbocycles. The molecular formula is C15H17F3N2. The summed E-state index contributed by atoms with van der Waals surface area (Å²) in [6.07, 6.45) is 0.0963. The van der Waals surface area contributed by atoms with E-state index in [0.717, 1.165) is 44.4 Å². The van der Waals surface area contributed by atoms with Gasteiger partial charge >= 0.3 is 6.18 Å². The first-order chi connectivity index (χ1) is 9.40. The largest absolute Gasteiger partial charge is 0.416 e. The zero-order valence-electron chi connectivity index (χ0n) is 11.3. The van der Waals surface area contributed by atoms with Gasteiger partial charge in [0, 0.05) is 6.54 Å². The molecule has 1 aliphatic rings. The predicted molar refractivity (Wildman–Crippen MR) is 71.2 cm³/mol. The van der Waals surface area contributed by atoms with E-state index < -0.39 is 11.7 Å². The molecule has 1 saturated carbocycles. The Morgan fingerprint density at radius 3 is 2.55 bits per heavy atom. The van der Waals surface area contributed by atoms with Gasteiger partial charge in [-0.2, -0.15) is 18.4 Å². The summed E-state index contributed by atoms with van der Waals surface area (Å²) in [5.41, 5.74) is 0.0359. The fourth-order valence-electron chi connectivity index (χ4n) is 2.47. The standard InChI is InChI=1S/C15H17F3N2/c1-2-5-14(6-7-14)10-20-13-4-3-12(15(16,17)18)8-11(13)9-19/h3-4,8,20H,2,5-7,10H2,1H3. The summed E-state index contributed by atoms with van der Waals surface area (Å²) in [6, 6.07) is 5.11. The highest BCUT2D eigenvalue weighted by atomic mass is 19.4. The van der Waals surface area contributed by atoms with Gasteiger partial charge in [-0.15, -0.1) is 0 Å². The lowest BCUT2D eigenvalue weighted by molar-refractivity contribution is -0.137. The molecule has 0 heterocycles. The molecule has 0 bridgehead atoms. The molecule has 0 atom stereocenters. The average molecular weight is 282 g/mol. The van der Waals surface area contributed by atoms with Crippen LogP contribution in [0.2, 0.25) is 0 Å². The fraction of sp³-hybridized carbons (Fsp3) is 0.533. The summed E-state index contributed by atoms with van der Waals surface area (Å²) in [7, 11) is 0. The molecule has 0 radical (unpaired) electrons. The van der Waals surface area contributed by atoms with E-state index in [1.165, 1.54) is 6.07 Å². The number of nitrogens with one attached hydrogen (secondary N) is 1. The Morgan fingerprint density at radius 2 is 2.05 bits per heavy atom. The molecule has 5 heteroatoms. The third-order valence-corrected chi connectivity index (χ3v) is 3.86. The van der Waals surface area contributed by atoms with Crippen LogP contribution in [0, 0.1) is 16.7 Å². The summed E-state index contributed by atoms with van der Waals surface area (Å²) in [6.45, 7) is 2.85. The minimum Gasteiger partial charge on any atom is -0.383 e. The van der Waals surface area contributed by atoms with E-state index in [1.54, 1.807) is 0 Å². The highest BCUT2D eigenvalue weighted by Crippen LogP contribution is 2.49. The summed E-state index contributed by atoms with van der Waals surface area (Å²) in [5.74, 6) is 0. The zero-order valence-corrected chi connectivity index (χ0v) is 11.3. The Labute approximate surface area is 116 Å². The van der Waals surface area contributed by atoms with Gasteiger partial charge in [-0.1, -0.05) is 13.3 Å². The molecule has 2 nitrogen and oxygen atoms in total. The zero-order chi connectivity index (χ0) is 14.8. The Hall–Kier alpha value is -1.70. The van der Waals surface area contributed by atoms with E-state index in [4.69, 9.17) is 5.26 Å². The lowest BCUT2D eigenvalue weighted by Gasteiger charge is -2.17. The van der Waals surface area contributed by atoms with Crippen molar-refractivity contribution < 1.29 is 13.2 Å². The van der Waals surface area contributed by atoms with Crippen LogP contribution in [0.25, 0.3) is 0 Å². The number of alkyl halides is 3. The van der Waals surface area contributed by atoms with Crippen molar-refractivity contribution in [3.63, 3.8) is 0 Å². The molecule has 0 aromatic heterocycles. The first-order valence-electron chi connectivity index (χ1n) is 6.75. The Morgan fingerprint density at radius 1 is 1.35 bits per heavy atom. The highest BCUT2D eigenvalue weighted by molar-refractivity contribution is 5.59. The summed E-state index contributed by atoms with van der Waals surface area (Å²) in [4.78, 5) is 0. The molecule has 1 N–H and O–H groups in total. The molecule has 108 valence electrons. The molecule has 0 aliphatic heterocycles. The van der Waals surface area contributed by atoms with Crippen LogP contribution in [-0.4, -0.2) is 6.54 Å². The smallest absolute Gasteiger partial charge is 0.383 e. The summed E-state index contributed by atoms with van der Waals surface area (Å²) >= 11 is 0. The van der Waals surface area contributed by atoms with Gasteiger partial charge < -0.3 is 5.32 Å². The molecular weight excluding hydrogens is 265 g/mol. The Balaban J connectivity index is 2.11. The summed E-state index contributed by atoms with van der Waals surface area (Å²) < 4.78 is 37.8. The van der Waals surface area contributed by atoms with Gasteiger partial charge in [0.25, 0.3) is 0 Å². The maximum Gasteiger partial charge on any atom is 0.416 e. The maximum absolute atomic E-state index is 12.6. The third kappa shape index (κ3) is 3.24. The van der Waals surface area contributed by atoms with Gasteiger partial charge in [0.1, 0.15) is 6.07 Å². The van der Waals surface area contributed by atoms with Gasteiger partial charge in [-0.25, -0.2) is 0 Å². The lowest BCUT2D eigenvalue weighted by Crippen LogP contribution is -2.16. The molecule has 0 amide bonds. The van der Waals surface area contributed by atoms with Crippen LogP contribution in [0.15, 0.2) is 18.2 Å². The highest BCUT2D eigenvalue weighted by Gasteiger charge is 2.41. The second-order valence-electron chi connectivity index (χ2n) is 5.47. The molecule has 0 saturated heterocycles. The summed E-state index contributed by atoms with van der Waals surface area (Å²) in [5, 5.41) is 12.1. The van der Waals surface area contributed by atoms with E-state index in [0.29, 0.717) is 5.69 Å². The lowest BCUT2D eigenvalue weighted by atomic mass is 10.0. The molecule has 2 rings (SSSR count). The van der Waals surface area contributed by atoms with Crippen molar-refractivity contribution in [3.8, 4) is 6.07 Å². The molecule has 0 spiro atoms. The molecule has 0 unspecified atom stereocenters. The van der Waals surface area contributed by atoms with Crippen molar-refractivity contribution in [2.24, 2.45) is 5.41 Å². The van der Waals surface area contributed by atoms with Crippen LogP contribution in [0.4, 0.5) is 18.9 Å². The number of nitriles is 1.